The van der Waals surface area contributed by atoms with E-state index in [4.69, 9.17) is 4.98 Å². The standard InChI is InChI=1S/C23H20N8O/c1-15(2)31-21-18(12-26-31)17(11-20(28-21)16-7-4-3-5-8-16)23(32)29-19-9-6-10-25-22(19)30-14-24-13-27-30/h3-15H,1-2H3,(H,29,32). The lowest BCUT2D eigenvalue weighted by molar-refractivity contribution is 0.102. The van der Waals surface area contributed by atoms with Gasteiger partial charge in [-0.3, -0.25) is 4.79 Å². The van der Waals surface area contributed by atoms with Crippen LogP contribution < -0.4 is 5.32 Å². The van der Waals surface area contributed by atoms with Gasteiger partial charge in [0.05, 0.1) is 28.5 Å². The van der Waals surface area contributed by atoms with Crippen molar-refractivity contribution in [3.63, 3.8) is 0 Å². The van der Waals surface area contributed by atoms with E-state index in [1.807, 2.05) is 48.9 Å². The molecule has 1 N–H and O–H groups in total. The fraction of sp³-hybridized carbons (Fsp3) is 0.130. The van der Waals surface area contributed by atoms with E-state index in [-0.39, 0.29) is 11.9 Å². The van der Waals surface area contributed by atoms with E-state index in [1.54, 1.807) is 30.6 Å². The van der Waals surface area contributed by atoms with Crippen molar-refractivity contribution in [1.29, 1.82) is 0 Å². The number of benzene rings is 1. The summed E-state index contributed by atoms with van der Waals surface area (Å²) in [5.41, 5.74) is 3.28. The molecular formula is C23H20N8O. The number of hydrogen-bond donors (Lipinski definition) is 1. The van der Waals surface area contributed by atoms with Crippen LogP contribution in [0.15, 0.2) is 73.6 Å². The zero-order valence-corrected chi connectivity index (χ0v) is 17.5. The zero-order valence-electron chi connectivity index (χ0n) is 17.5. The second-order valence-corrected chi connectivity index (χ2v) is 7.51. The normalized spacial score (nSPS) is 11.2. The summed E-state index contributed by atoms with van der Waals surface area (Å²) in [6, 6.07) is 15.2. The van der Waals surface area contributed by atoms with Crippen LogP contribution in [0.1, 0.15) is 30.2 Å². The molecule has 158 valence electrons. The second kappa shape index (κ2) is 8.03. The third-order valence-corrected chi connectivity index (χ3v) is 5.04. The first kappa shape index (κ1) is 19.6. The van der Waals surface area contributed by atoms with Crippen molar-refractivity contribution in [1.82, 2.24) is 34.5 Å². The van der Waals surface area contributed by atoms with Crippen LogP contribution in [0.25, 0.3) is 28.1 Å². The molecule has 0 unspecified atom stereocenters. The smallest absolute Gasteiger partial charge is 0.256 e. The van der Waals surface area contributed by atoms with Crippen molar-refractivity contribution in [2.75, 3.05) is 5.32 Å². The molecule has 4 aromatic heterocycles. The van der Waals surface area contributed by atoms with Crippen molar-refractivity contribution in [2.24, 2.45) is 0 Å². The molecule has 4 heterocycles. The van der Waals surface area contributed by atoms with Crippen LogP contribution in [0.2, 0.25) is 0 Å². The molecular weight excluding hydrogens is 404 g/mol. The first-order valence-electron chi connectivity index (χ1n) is 10.2. The largest absolute Gasteiger partial charge is 0.319 e. The lowest BCUT2D eigenvalue weighted by atomic mass is 10.1. The summed E-state index contributed by atoms with van der Waals surface area (Å²) in [7, 11) is 0. The minimum absolute atomic E-state index is 0.0965. The highest BCUT2D eigenvalue weighted by atomic mass is 16.1. The molecule has 0 fully saturated rings. The van der Waals surface area contributed by atoms with Crippen LogP contribution in [0, 0.1) is 0 Å². The topological polar surface area (TPSA) is 103 Å². The summed E-state index contributed by atoms with van der Waals surface area (Å²) in [4.78, 5) is 26.6. The van der Waals surface area contributed by atoms with E-state index >= 15 is 0 Å². The molecule has 1 amide bonds. The first-order chi connectivity index (χ1) is 15.6. The van der Waals surface area contributed by atoms with Gasteiger partial charge in [0.1, 0.15) is 12.7 Å². The molecule has 9 heteroatoms. The van der Waals surface area contributed by atoms with Crippen LogP contribution in [-0.4, -0.2) is 40.4 Å². The summed E-state index contributed by atoms with van der Waals surface area (Å²) in [6.45, 7) is 4.06. The molecule has 9 nitrogen and oxygen atoms in total. The Morgan fingerprint density at radius 3 is 2.66 bits per heavy atom. The fourth-order valence-electron chi connectivity index (χ4n) is 3.52. The highest BCUT2D eigenvalue weighted by Gasteiger charge is 2.20. The fourth-order valence-corrected chi connectivity index (χ4v) is 3.52. The molecule has 0 aliphatic heterocycles. The minimum Gasteiger partial charge on any atom is -0.319 e. The van der Waals surface area contributed by atoms with Crippen molar-refractivity contribution in [2.45, 2.75) is 19.9 Å². The van der Waals surface area contributed by atoms with Crippen molar-refractivity contribution in [3.8, 4) is 17.1 Å². The number of anilines is 1. The molecule has 5 rings (SSSR count). The lowest BCUT2D eigenvalue weighted by Crippen LogP contribution is -2.16. The number of carbonyl (C=O) groups excluding carboxylic acids is 1. The van der Waals surface area contributed by atoms with Gasteiger partial charge in [-0.25, -0.2) is 24.3 Å². The molecule has 0 saturated heterocycles. The SMILES string of the molecule is CC(C)n1ncc2c(C(=O)Nc3cccnc3-n3cncn3)cc(-c3ccccc3)nc21. The van der Waals surface area contributed by atoms with Crippen LogP contribution in [-0.2, 0) is 0 Å². The maximum absolute atomic E-state index is 13.5. The summed E-state index contributed by atoms with van der Waals surface area (Å²) in [5.74, 6) is 0.192. The Morgan fingerprint density at radius 1 is 1.06 bits per heavy atom. The number of pyridine rings is 2. The Bertz CT molecular complexity index is 1390. The molecule has 0 aliphatic carbocycles. The number of nitrogens with one attached hydrogen (secondary N) is 1. The number of amides is 1. The Kier molecular flexibility index (Phi) is 4.91. The second-order valence-electron chi connectivity index (χ2n) is 7.51. The maximum atomic E-state index is 13.5. The van der Waals surface area contributed by atoms with Gasteiger partial charge in [-0.1, -0.05) is 30.3 Å². The minimum atomic E-state index is -0.285. The molecule has 0 atom stereocenters. The summed E-state index contributed by atoms with van der Waals surface area (Å²) in [5, 5.41) is 12.3. The summed E-state index contributed by atoms with van der Waals surface area (Å²) < 4.78 is 3.33. The maximum Gasteiger partial charge on any atom is 0.256 e. The summed E-state index contributed by atoms with van der Waals surface area (Å²) in [6.07, 6.45) is 6.27. The van der Waals surface area contributed by atoms with Gasteiger partial charge in [0.2, 0.25) is 0 Å². The Labute approximate surface area is 183 Å². The Hall–Kier alpha value is -4.40. The predicted molar refractivity (Wildman–Crippen MR) is 120 cm³/mol. The van der Waals surface area contributed by atoms with Gasteiger partial charge in [0.25, 0.3) is 5.91 Å². The highest BCUT2D eigenvalue weighted by Crippen LogP contribution is 2.27. The van der Waals surface area contributed by atoms with Crippen LogP contribution in [0.5, 0.6) is 0 Å². The number of nitrogens with zero attached hydrogens (tertiary/aromatic N) is 7. The van der Waals surface area contributed by atoms with E-state index in [1.165, 1.54) is 17.3 Å². The molecule has 0 aliphatic rings. The molecule has 5 aromatic rings. The number of fused-ring (bicyclic) bond motifs is 1. The van der Waals surface area contributed by atoms with Crippen LogP contribution >= 0.6 is 0 Å². The van der Waals surface area contributed by atoms with Gasteiger partial charge in [-0.2, -0.15) is 10.2 Å². The number of carbonyl (C=O) groups is 1. The van der Waals surface area contributed by atoms with E-state index in [2.05, 4.69) is 25.5 Å². The lowest BCUT2D eigenvalue weighted by Gasteiger charge is -2.12. The van der Waals surface area contributed by atoms with E-state index in [9.17, 15) is 4.79 Å². The highest BCUT2D eigenvalue weighted by molar-refractivity contribution is 6.13. The number of aromatic nitrogens is 7. The van der Waals surface area contributed by atoms with Gasteiger partial charge < -0.3 is 5.32 Å². The van der Waals surface area contributed by atoms with Gasteiger partial charge in [-0.15, -0.1) is 0 Å². The summed E-state index contributed by atoms with van der Waals surface area (Å²) >= 11 is 0. The third-order valence-electron chi connectivity index (χ3n) is 5.04. The van der Waals surface area contributed by atoms with Crippen molar-refractivity contribution >= 4 is 22.6 Å². The molecule has 0 radical (unpaired) electrons. The van der Waals surface area contributed by atoms with Crippen LogP contribution in [0.3, 0.4) is 0 Å². The third kappa shape index (κ3) is 3.49. The van der Waals surface area contributed by atoms with E-state index < -0.39 is 0 Å². The van der Waals surface area contributed by atoms with Gasteiger partial charge >= 0.3 is 0 Å². The Morgan fingerprint density at radius 2 is 1.91 bits per heavy atom. The van der Waals surface area contributed by atoms with Crippen LogP contribution in [0.4, 0.5) is 5.69 Å². The monoisotopic (exact) mass is 424 g/mol. The number of rotatable bonds is 5. The Balaban J connectivity index is 1.62. The van der Waals surface area contributed by atoms with Crippen molar-refractivity contribution < 1.29 is 4.79 Å². The molecule has 32 heavy (non-hydrogen) atoms. The molecule has 0 spiro atoms. The average Bonchev–Trinajstić information content (AvgIpc) is 3.49. The van der Waals surface area contributed by atoms with Gasteiger partial charge in [-0.05, 0) is 32.0 Å². The average molecular weight is 424 g/mol. The molecule has 0 saturated carbocycles. The first-order valence-corrected chi connectivity index (χ1v) is 10.2. The van der Waals surface area contributed by atoms with Gasteiger partial charge in [0.15, 0.2) is 11.5 Å². The van der Waals surface area contributed by atoms with E-state index in [0.29, 0.717) is 33.8 Å². The molecule has 1 aromatic carbocycles. The molecule has 0 bridgehead atoms. The quantitative estimate of drug-likeness (QED) is 0.459. The number of hydrogen-bond acceptors (Lipinski definition) is 6. The van der Waals surface area contributed by atoms with E-state index in [0.717, 1.165) is 5.56 Å². The zero-order chi connectivity index (χ0) is 22.1. The predicted octanol–water partition coefficient (Wildman–Crippen LogP) is 3.91. The van der Waals surface area contributed by atoms with Gasteiger partial charge in [0, 0.05) is 17.8 Å². The van der Waals surface area contributed by atoms with Crippen molar-refractivity contribution in [3.05, 3.63) is 79.1 Å².